The summed E-state index contributed by atoms with van der Waals surface area (Å²) in [7, 11) is 4.12. The fraction of sp³-hybridized carbons (Fsp3) is 0.917. The van der Waals surface area contributed by atoms with E-state index in [1.54, 1.807) is 0 Å². The molecule has 1 unspecified atom stereocenters. The van der Waals surface area contributed by atoms with E-state index in [1.165, 1.54) is 0 Å². The lowest BCUT2D eigenvalue weighted by Crippen LogP contribution is -2.44. The normalized spacial score (nSPS) is 23.2. The largest absolute Gasteiger partial charge is 0.340 e. The number of rotatable bonds is 4. The van der Waals surface area contributed by atoms with Crippen LogP contribution in [0.15, 0.2) is 0 Å². The summed E-state index contributed by atoms with van der Waals surface area (Å²) >= 11 is 0. The van der Waals surface area contributed by atoms with Crippen molar-refractivity contribution in [3.63, 3.8) is 0 Å². The average molecular weight is 227 g/mol. The van der Waals surface area contributed by atoms with Gasteiger partial charge in [0.2, 0.25) is 5.91 Å². The van der Waals surface area contributed by atoms with Crippen molar-refractivity contribution in [1.29, 1.82) is 0 Å². The van der Waals surface area contributed by atoms with Crippen LogP contribution in [0.1, 0.15) is 26.7 Å². The van der Waals surface area contributed by atoms with Gasteiger partial charge < -0.3 is 15.5 Å². The Bertz CT molecular complexity index is 240. The Labute approximate surface area is 98.8 Å². The van der Waals surface area contributed by atoms with Crippen molar-refractivity contribution in [2.45, 2.75) is 38.8 Å². The van der Waals surface area contributed by atoms with Crippen LogP contribution < -0.4 is 5.73 Å². The van der Waals surface area contributed by atoms with E-state index >= 15 is 0 Å². The van der Waals surface area contributed by atoms with Gasteiger partial charge in [0.15, 0.2) is 0 Å². The number of carbonyl (C=O) groups excluding carboxylic acids is 1. The molecule has 0 aromatic carbocycles. The van der Waals surface area contributed by atoms with Crippen LogP contribution in [0.3, 0.4) is 0 Å². The average Bonchev–Trinajstić information content (AvgIpc) is 2.64. The van der Waals surface area contributed by atoms with Crippen LogP contribution in [0.5, 0.6) is 0 Å². The van der Waals surface area contributed by atoms with Crippen LogP contribution in [0.4, 0.5) is 0 Å². The fourth-order valence-corrected chi connectivity index (χ4v) is 2.21. The maximum Gasteiger partial charge on any atom is 0.239 e. The number of hydrogen-bond acceptors (Lipinski definition) is 3. The Morgan fingerprint density at radius 2 is 2.12 bits per heavy atom. The highest BCUT2D eigenvalue weighted by Crippen LogP contribution is 2.15. The number of hydrogen-bond donors (Lipinski definition) is 1. The molecule has 4 heteroatoms. The summed E-state index contributed by atoms with van der Waals surface area (Å²) in [5.41, 5.74) is 5.91. The quantitative estimate of drug-likeness (QED) is 0.762. The van der Waals surface area contributed by atoms with Gasteiger partial charge in [0.05, 0.1) is 6.04 Å². The van der Waals surface area contributed by atoms with Crippen molar-refractivity contribution >= 4 is 5.91 Å². The van der Waals surface area contributed by atoms with Gasteiger partial charge in [0.25, 0.3) is 0 Å². The lowest BCUT2D eigenvalue weighted by Gasteiger charge is -2.23. The lowest BCUT2D eigenvalue weighted by molar-refractivity contribution is -0.132. The first-order chi connectivity index (χ1) is 7.41. The molecule has 0 bridgehead atoms. The van der Waals surface area contributed by atoms with Crippen LogP contribution in [0.2, 0.25) is 0 Å². The molecule has 1 rings (SSSR count). The van der Waals surface area contributed by atoms with Crippen molar-refractivity contribution < 1.29 is 4.79 Å². The molecule has 1 heterocycles. The molecule has 2 atom stereocenters. The smallest absolute Gasteiger partial charge is 0.239 e. The van der Waals surface area contributed by atoms with Gasteiger partial charge in [-0.15, -0.1) is 0 Å². The highest BCUT2D eigenvalue weighted by Gasteiger charge is 2.30. The minimum atomic E-state index is -0.319. The molecule has 2 N–H and O–H groups in total. The number of nitrogens with zero attached hydrogens (tertiary/aromatic N) is 2. The van der Waals surface area contributed by atoms with Crippen molar-refractivity contribution in [1.82, 2.24) is 9.80 Å². The third-order valence-electron chi connectivity index (χ3n) is 3.25. The highest BCUT2D eigenvalue weighted by atomic mass is 16.2. The molecular weight excluding hydrogens is 202 g/mol. The first-order valence-electron chi connectivity index (χ1n) is 6.12. The molecule has 94 valence electrons. The Balaban J connectivity index is 2.44. The topological polar surface area (TPSA) is 49.6 Å². The molecule has 1 fully saturated rings. The van der Waals surface area contributed by atoms with Crippen LogP contribution in [-0.4, -0.2) is 55.0 Å². The minimum absolute atomic E-state index is 0.123. The van der Waals surface area contributed by atoms with Crippen LogP contribution in [-0.2, 0) is 4.79 Å². The van der Waals surface area contributed by atoms with E-state index in [2.05, 4.69) is 32.8 Å². The number of likely N-dealkylation sites (N-methyl/N-ethyl adjacent to an activating group) is 1. The highest BCUT2D eigenvalue weighted by molar-refractivity contribution is 5.81. The molecule has 1 saturated heterocycles. The second-order valence-corrected chi connectivity index (χ2v) is 5.43. The minimum Gasteiger partial charge on any atom is -0.340 e. The molecule has 0 aliphatic carbocycles. The maximum atomic E-state index is 12.0. The van der Waals surface area contributed by atoms with E-state index < -0.39 is 0 Å². The summed E-state index contributed by atoms with van der Waals surface area (Å²) in [6.45, 7) is 5.88. The van der Waals surface area contributed by atoms with Gasteiger partial charge in [0, 0.05) is 19.1 Å². The summed E-state index contributed by atoms with van der Waals surface area (Å²) in [6.07, 6.45) is 1.84. The van der Waals surface area contributed by atoms with Crippen LogP contribution >= 0.6 is 0 Å². The van der Waals surface area contributed by atoms with Crippen LogP contribution in [0.25, 0.3) is 0 Å². The molecule has 4 nitrogen and oxygen atoms in total. The maximum absolute atomic E-state index is 12.0. The van der Waals surface area contributed by atoms with Gasteiger partial charge in [-0.05, 0) is 32.9 Å². The van der Waals surface area contributed by atoms with Gasteiger partial charge in [-0.1, -0.05) is 13.8 Å². The van der Waals surface area contributed by atoms with E-state index in [0.717, 1.165) is 25.9 Å². The predicted octanol–water partition coefficient (Wildman–Crippen LogP) is 0.522. The van der Waals surface area contributed by atoms with Gasteiger partial charge in [-0.3, -0.25) is 4.79 Å². The summed E-state index contributed by atoms with van der Waals surface area (Å²) in [5.74, 6) is 0.601. The molecule has 0 aromatic rings. The summed E-state index contributed by atoms with van der Waals surface area (Å²) in [6, 6.07) is 0.177. The zero-order valence-electron chi connectivity index (χ0n) is 10.9. The van der Waals surface area contributed by atoms with E-state index in [0.29, 0.717) is 12.0 Å². The number of nitrogens with two attached hydrogens (primary N) is 1. The van der Waals surface area contributed by atoms with Crippen LogP contribution in [0, 0.1) is 5.92 Å². The van der Waals surface area contributed by atoms with E-state index in [9.17, 15) is 4.79 Å². The number of carbonyl (C=O) groups is 1. The molecule has 1 aliphatic heterocycles. The summed E-state index contributed by atoms with van der Waals surface area (Å²) < 4.78 is 0. The van der Waals surface area contributed by atoms with E-state index in [-0.39, 0.29) is 11.9 Å². The first kappa shape index (κ1) is 13.5. The van der Waals surface area contributed by atoms with Crippen molar-refractivity contribution in [2.75, 3.05) is 27.2 Å². The monoisotopic (exact) mass is 227 g/mol. The summed E-state index contributed by atoms with van der Waals surface area (Å²) in [4.78, 5) is 16.1. The molecule has 0 radical (unpaired) electrons. The van der Waals surface area contributed by atoms with Crippen molar-refractivity contribution in [3.05, 3.63) is 0 Å². The second kappa shape index (κ2) is 5.64. The lowest BCUT2D eigenvalue weighted by atomic mass is 10.0. The second-order valence-electron chi connectivity index (χ2n) is 5.43. The first-order valence-corrected chi connectivity index (χ1v) is 6.12. The molecule has 1 aliphatic rings. The number of likely N-dealkylation sites (tertiary alicyclic amines) is 1. The van der Waals surface area contributed by atoms with Gasteiger partial charge >= 0.3 is 0 Å². The molecule has 1 amide bonds. The molecule has 16 heavy (non-hydrogen) atoms. The third kappa shape index (κ3) is 3.46. The van der Waals surface area contributed by atoms with Crippen molar-refractivity contribution in [3.8, 4) is 0 Å². The van der Waals surface area contributed by atoms with Gasteiger partial charge in [-0.2, -0.15) is 0 Å². The SMILES string of the molecule is CC(C)C[C@@H](N)C(=O)N1CCC(N(C)C)C1. The summed E-state index contributed by atoms with van der Waals surface area (Å²) in [5, 5.41) is 0. The van der Waals surface area contributed by atoms with Gasteiger partial charge in [-0.25, -0.2) is 0 Å². The Morgan fingerprint density at radius 1 is 1.50 bits per heavy atom. The molecule has 0 saturated carbocycles. The standard InChI is InChI=1S/C12H25N3O/c1-9(2)7-11(13)12(16)15-6-5-10(8-15)14(3)4/h9-11H,5-8,13H2,1-4H3/t10?,11-/m1/s1. The number of amides is 1. The Morgan fingerprint density at radius 3 is 2.56 bits per heavy atom. The molecular formula is C12H25N3O. The van der Waals surface area contributed by atoms with Crippen molar-refractivity contribution in [2.24, 2.45) is 11.7 Å². The molecule has 0 aromatic heterocycles. The zero-order valence-corrected chi connectivity index (χ0v) is 10.9. The Hall–Kier alpha value is -0.610. The van der Waals surface area contributed by atoms with E-state index in [4.69, 9.17) is 5.73 Å². The fourth-order valence-electron chi connectivity index (χ4n) is 2.21. The molecule has 0 spiro atoms. The predicted molar refractivity (Wildman–Crippen MR) is 66.1 cm³/mol. The third-order valence-corrected chi connectivity index (χ3v) is 3.25. The Kier molecular flexibility index (Phi) is 4.74. The van der Waals surface area contributed by atoms with E-state index in [1.807, 2.05) is 4.90 Å². The zero-order chi connectivity index (χ0) is 12.3. The van der Waals surface area contributed by atoms with Gasteiger partial charge in [0.1, 0.15) is 0 Å².